The van der Waals surface area contributed by atoms with Crippen LogP contribution in [0.1, 0.15) is 23.7 Å². The molecular weight excluding hydrogens is 376 g/mol. The molecule has 0 aromatic heterocycles. The Morgan fingerprint density at radius 2 is 1.63 bits per heavy atom. The molecule has 154 valence electrons. The first-order chi connectivity index (χ1) is 14.8. The van der Waals surface area contributed by atoms with Crippen LogP contribution in [0.25, 0.3) is 0 Å². The Hall–Kier alpha value is -3.47. The third-order valence-electron chi connectivity index (χ3n) is 4.97. The zero-order chi connectivity index (χ0) is 20.6. The van der Waals surface area contributed by atoms with Crippen LogP contribution in [0.3, 0.4) is 0 Å². The van der Waals surface area contributed by atoms with Crippen LogP contribution < -0.4 is 19.5 Å². The zero-order valence-electron chi connectivity index (χ0n) is 17.1. The van der Waals surface area contributed by atoms with Gasteiger partial charge in [0.2, 0.25) is 0 Å². The first kappa shape index (κ1) is 19.8. The Balaban J connectivity index is 1.54. The van der Waals surface area contributed by atoms with E-state index in [0.717, 1.165) is 41.6 Å². The third-order valence-corrected chi connectivity index (χ3v) is 4.97. The van der Waals surface area contributed by atoms with Crippen molar-refractivity contribution in [2.45, 2.75) is 19.1 Å². The summed E-state index contributed by atoms with van der Waals surface area (Å²) in [7, 11) is 1.67. The standard InChI is InChI=1S/C25H26N2O3/c1-28-21-13-11-20(12-14-21)24(17-25-26-15-16-27-25)30-23-10-6-5-9-22(23)29-18-19-7-3-2-4-8-19/h2-14,24H,15-18H2,1H3,(H,26,27). The highest BCUT2D eigenvalue weighted by molar-refractivity contribution is 5.84. The Kier molecular flexibility index (Phi) is 6.50. The molecule has 1 heterocycles. The molecule has 1 aliphatic rings. The molecule has 3 aromatic rings. The second kappa shape index (κ2) is 9.83. The minimum atomic E-state index is -0.193. The van der Waals surface area contributed by atoms with E-state index in [1.807, 2.05) is 78.9 Å². The van der Waals surface area contributed by atoms with Gasteiger partial charge in [0.1, 0.15) is 24.3 Å². The molecule has 30 heavy (non-hydrogen) atoms. The molecule has 0 spiro atoms. The molecule has 1 atom stereocenters. The van der Waals surface area contributed by atoms with Gasteiger partial charge in [0.15, 0.2) is 11.5 Å². The largest absolute Gasteiger partial charge is 0.497 e. The topological polar surface area (TPSA) is 52.1 Å². The van der Waals surface area contributed by atoms with Crippen LogP contribution in [0.4, 0.5) is 0 Å². The summed E-state index contributed by atoms with van der Waals surface area (Å²) in [5.41, 5.74) is 2.17. The van der Waals surface area contributed by atoms with E-state index in [1.54, 1.807) is 7.11 Å². The van der Waals surface area contributed by atoms with Crippen molar-refractivity contribution in [1.82, 2.24) is 5.32 Å². The summed E-state index contributed by atoms with van der Waals surface area (Å²) < 4.78 is 17.8. The van der Waals surface area contributed by atoms with Gasteiger partial charge < -0.3 is 19.5 Å². The van der Waals surface area contributed by atoms with Crippen LogP contribution in [0.5, 0.6) is 17.2 Å². The van der Waals surface area contributed by atoms with Crippen molar-refractivity contribution in [2.75, 3.05) is 20.2 Å². The summed E-state index contributed by atoms with van der Waals surface area (Å²) in [6.45, 7) is 2.17. The lowest BCUT2D eigenvalue weighted by Crippen LogP contribution is -2.23. The maximum absolute atomic E-state index is 6.47. The van der Waals surface area contributed by atoms with Crippen LogP contribution in [-0.4, -0.2) is 26.0 Å². The molecule has 0 saturated carbocycles. The first-order valence-electron chi connectivity index (χ1n) is 10.2. The van der Waals surface area contributed by atoms with Gasteiger partial charge in [0.25, 0.3) is 0 Å². The molecule has 0 saturated heterocycles. The maximum atomic E-state index is 6.47. The highest BCUT2D eigenvalue weighted by Crippen LogP contribution is 2.33. The van der Waals surface area contributed by atoms with Crippen LogP contribution in [0.15, 0.2) is 83.9 Å². The van der Waals surface area contributed by atoms with Crippen molar-refractivity contribution < 1.29 is 14.2 Å². The second-order valence-electron chi connectivity index (χ2n) is 7.06. The lowest BCUT2D eigenvalue weighted by atomic mass is 10.1. The summed E-state index contributed by atoms with van der Waals surface area (Å²) in [5.74, 6) is 3.23. The quantitative estimate of drug-likeness (QED) is 0.559. The van der Waals surface area contributed by atoms with Gasteiger partial charge in [-0.1, -0.05) is 54.6 Å². The highest BCUT2D eigenvalue weighted by atomic mass is 16.5. The SMILES string of the molecule is COc1ccc(C(CC2=NCCN2)Oc2ccccc2OCc2ccccc2)cc1. The summed E-state index contributed by atoms with van der Waals surface area (Å²) >= 11 is 0. The summed E-state index contributed by atoms with van der Waals surface area (Å²) in [5, 5.41) is 3.34. The molecule has 4 rings (SSSR count). The van der Waals surface area contributed by atoms with E-state index in [2.05, 4.69) is 10.3 Å². The Morgan fingerprint density at radius 3 is 2.33 bits per heavy atom. The van der Waals surface area contributed by atoms with Gasteiger partial charge in [-0.25, -0.2) is 0 Å². The van der Waals surface area contributed by atoms with Crippen molar-refractivity contribution in [3.63, 3.8) is 0 Å². The number of para-hydroxylation sites is 2. The number of hydrogen-bond donors (Lipinski definition) is 1. The van der Waals surface area contributed by atoms with Crippen LogP contribution in [0, 0.1) is 0 Å². The van der Waals surface area contributed by atoms with Crippen molar-refractivity contribution in [2.24, 2.45) is 4.99 Å². The van der Waals surface area contributed by atoms with Gasteiger partial charge in [-0.05, 0) is 35.4 Å². The summed E-state index contributed by atoms with van der Waals surface area (Å²) in [4.78, 5) is 4.54. The fourth-order valence-electron chi connectivity index (χ4n) is 3.36. The third kappa shape index (κ3) is 5.11. The van der Waals surface area contributed by atoms with E-state index in [0.29, 0.717) is 18.8 Å². The van der Waals surface area contributed by atoms with E-state index >= 15 is 0 Å². The number of aliphatic imine (C=N–C) groups is 1. The number of rotatable bonds is 9. The normalized spacial score (nSPS) is 13.8. The highest BCUT2D eigenvalue weighted by Gasteiger charge is 2.20. The summed E-state index contributed by atoms with van der Waals surface area (Å²) in [6, 6.07) is 25.9. The number of benzene rings is 3. The zero-order valence-corrected chi connectivity index (χ0v) is 17.1. The smallest absolute Gasteiger partial charge is 0.162 e. The van der Waals surface area contributed by atoms with Crippen molar-refractivity contribution in [1.29, 1.82) is 0 Å². The van der Waals surface area contributed by atoms with Crippen molar-refractivity contribution in [3.05, 3.63) is 90.0 Å². The van der Waals surface area contributed by atoms with Gasteiger partial charge >= 0.3 is 0 Å². The predicted octanol–water partition coefficient (Wildman–Crippen LogP) is 4.79. The minimum Gasteiger partial charge on any atom is -0.497 e. The molecule has 5 nitrogen and oxygen atoms in total. The second-order valence-corrected chi connectivity index (χ2v) is 7.06. The lowest BCUT2D eigenvalue weighted by Gasteiger charge is -2.22. The molecule has 0 bridgehead atoms. The van der Waals surface area contributed by atoms with Crippen LogP contribution in [0.2, 0.25) is 0 Å². The molecule has 0 amide bonds. The molecule has 1 unspecified atom stereocenters. The number of hydrogen-bond acceptors (Lipinski definition) is 5. The molecule has 1 aliphatic heterocycles. The monoisotopic (exact) mass is 402 g/mol. The minimum absolute atomic E-state index is 0.193. The molecule has 3 aromatic carbocycles. The molecule has 0 aliphatic carbocycles. The van der Waals surface area contributed by atoms with Crippen molar-refractivity contribution >= 4 is 5.84 Å². The average molecular weight is 402 g/mol. The molecule has 0 fully saturated rings. The predicted molar refractivity (Wildman–Crippen MR) is 119 cm³/mol. The fourth-order valence-corrected chi connectivity index (χ4v) is 3.36. The molecule has 1 N–H and O–H groups in total. The maximum Gasteiger partial charge on any atom is 0.162 e. The molecule has 0 radical (unpaired) electrons. The number of ether oxygens (including phenoxy) is 3. The van der Waals surface area contributed by atoms with E-state index in [-0.39, 0.29) is 6.10 Å². The van der Waals surface area contributed by atoms with Crippen LogP contribution in [-0.2, 0) is 6.61 Å². The Morgan fingerprint density at radius 1 is 0.900 bits per heavy atom. The molecular formula is C25H26N2O3. The number of amidine groups is 1. The number of methoxy groups -OCH3 is 1. The lowest BCUT2D eigenvalue weighted by molar-refractivity contribution is 0.195. The Bertz CT molecular complexity index is 971. The summed E-state index contributed by atoms with van der Waals surface area (Å²) in [6.07, 6.45) is 0.473. The van der Waals surface area contributed by atoms with Gasteiger partial charge in [0, 0.05) is 13.0 Å². The number of nitrogens with zero attached hydrogens (tertiary/aromatic N) is 1. The van der Waals surface area contributed by atoms with E-state index < -0.39 is 0 Å². The van der Waals surface area contributed by atoms with E-state index in [1.165, 1.54) is 0 Å². The van der Waals surface area contributed by atoms with E-state index in [9.17, 15) is 0 Å². The Labute approximate surface area is 177 Å². The van der Waals surface area contributed by atoms with Crippen molar-refractivity contribution in [3.8, 4) is 17.2 Å². The van der Waals surface area contributed by atoms with Gasteiger partial charge in [-0.3, -0.25) is 4.99 Å². The van der Waals surface area contributed by atoms with Gasteiger partial charge in [0.05, 0.1) is 13.7 Å². The fraction of sp³-hybridized carbons (Fsp3) is 0.240. The van der Waals surface area contributed by atoms with Gasteiger partial charge in [-0.2, -0.15) is 0 Å². The van der Waals surface area contributed by atoms with Gasteiger partial charge in [-0.15, -0.1) is 0 Å². The first-order valence-corrected chi connectivity index (χ1v) is 10.2. The molecule has 5 heteroatoms. The average Bonchev–Trinajstić information content (AvgIpc) is 3.32. The van der Waals surface area contributed by atoms with E-state index in [4.69, 9.17) is 14.2 Å². The van der Waals surface area contributed by atoms with Crippen LogP contribution >= 0.6 is 0 Å². The number of nitrogens with one attached hydrogen (secondary N) is 1.